The Bertz CT molecular complexity index is 289. The van der Waals surface area contributed by atoms with Crippen molar-refractivity contribution in [1.29, 1.82) is 0 Å². The molecule has 0 spiro atoms. The molecule has 0 aromatic rings. The van der Waals surface area contributed by atoms with E-state index in [1.54, 1.807) is 0 Å². The third kappa shape index (κ3) is 3960. The third-order valence-corrected chi connectivity index (χ3v) is 0.642. The second-order valence-corrected chi connectivity index (χ2v) is 3.92. The standard InChI is InChI=1S/C4H13N3.5C2H4O2.Al.3H/c5-1-3-7-4-2-6;5*1-2(3)4;;;;/h7H,1-6H2;5*1H3,(H,3,4);;;;. The first kappa shape index (κ1) is 44.9. The SMILES string of the molecule is CC(=O)O.CC(=O)O.CC(=O)O.CC(=O)O.CC(=O)O.NCCNCCN.[AlH3]. The van der Waals surface area contributed by atoms with E-state index in [0.29, 0.717) is 13.1 Å². The number of aliphatic carboxylic acids is 5. The molecule has 170 valence electrons. The molecular formula is C14H36AlN3O10. The van der Waals surface area contributed by atoms with Crippen LogP contribution in [0, 0.1) is 0 Å². The fraction of sp³-hybridized carbons (Fsp3) is 0.643. The van der Waals surface area contributed by atoms with E-state index in [4.69, 9.17) is 61.0 Å². The average Bonchev–Trinajstić information content (AvgIpc) is 2.35. The molecule has 0 rings (SSSR count). The first-order chi connectivity index (χ1) is 12.1. The van der Waals surface area contributed by atoms with Gasteiger partial charge in [-0.25, -0.2) is 0 Å². The minimum Gasteiger partial charge on any atom is -0.481 e. The lowest BCUT2D eigenvalue weighted by molar-refractivity contribution is -0.135. The van der Waals surface area contributed by atoms with E-state index in [9.17, 15) is 0 Å². The molecule has 0 atom stereocenters. The van der Waals surface area contributed by atoms with Gasteiger partial charge in [-0.3, -0.25) is 24.0 Å². The quantitative estimate of drug-likeness (QED) is 0.173. The van der Waals surface area contributed by atoms with E-state index in [-0.39, 0.29) is 17.4 Å². The maximum Gasteiger partial charge on any atom is 0.300 e. The smallest absolute Gasteiger partial charge is 0.300 e. The van der Waals surface area contributed by atoms with Gasteiger partial charge in [0.1, 0.15) is 0 Å². The lowest BCUT2D eigenvalue weighted by Crippen LogP contribution is -2.27. The van der Waals surface area contributed by atoms with Crippen molar-refractivity contribution in [3.63, 3.8) is 0 Å². The number of carboxylic acids is 5. The number of nitrogens with one attached hydrogen (secondary N) is 1. The summed E-state index contributed by atoms with van der Waals surface area (Å²) in [4.78, 5) is 45.0. The zero-order chi connectivity index (χ0) is 23.4. The molecule has 0 aliphatic heterocycles. The van der Waals surface area contributed by atoms with Gasteiger partial charge in [-0.05, 0) is 0 Å². The first-order valence-electron chi connectivity index (χ1n) is 7.16. The monoisotopic (exact) mass is 433 g/mol. The van der Waals surface area contributed by atoms with Gasteiger partial charge in [-0.1, -0.05) is 0 Å². The lowest BCUT2D eigenvalue weighted by atomic mass is 10.6. The van der Waals surface area contributed by atoms with E-state index in [2.05, 4.69) is 5.32 Å². The molecule has 28 heavy (non-hydrogen) atoms. The molecule has 14 heteroatoms. The summed E-state index contributed by atoms with van der Waals surface area (Å²) in [5.74, 6) is -4.17. The molecule has 0 aromatic heterocycles. The van der Waals surface area contributed by atoms with Crippen LogP contribution >= 0.6 is 0 Å². The number of rotatable bonds is 4. The summed E-state index contributed by atoms with van der Waals surface area (Å²) in [7, 11) is 0. The largest absolute Gasteiger partial charge is 0.481 e. The van der Waals surface area contributed by atoms with Crippen molar-refractivity contribution < 1.29 is 49.5 Å². The lowest BCUT2D eigenvalue weighted by Gasteiger charge is -1.95. The fourth-order valence-corrected chi connectivity index (χ4v) is 0.329. The van der Waals surface area contributed by atoms with Crippen LogP contribution in [-0.2, 0) is 24.0 Å². The van der Waals surface area contributed by atoms with Crippen molar-refractivity contribution in [2.24, 2.45) is 11.5 Å². The second kappa shape index (κ2) is 44.3. The number of hydrogen-bond donors (Lipinski definition) is 8. The molecule has 0 aromatic carbocycles. The highest BCUT2D eigenvalue weighted by atomic mass is 27.0. The summed E-state index contributed by atoms with van der Waals surface area (Å²) in [6, 6.07) is 0. The summed E-state index contributed by atoms with van der Waals surface area (Å²) >= 11 is 0. The molecule has 0 saturated carbocycles. The minimum atomic E-state index is -0.833. The predicted molar refractivity (Wildman–Crippen MR) is 107 cm³/mol. The number of hydrogen-bond acceptors (Lipinski definition) is 8. The molecule has 0 aliphatic rings. The van der Waals surface area contributed by atoms with Crippen molar-refractivity contribution in [3.05, 3.63) is 0 Å². The van der Waals surface area contributed by atoms with Crippen LogP contribution in [-0.4, -0.2) is 98.9 Å². The molecule has 0 saturated heterocycles. The van der Waals surface area contributed by atoms with Gasteiger partial charge in [0, 0.05) is 60.8 Å². The number of carboxylic acid groups (broad SMARTS) is 5. The predicted octanol–water partition coefficient (Wildman–Crippen LogP) is -2.24. The first-order valence-corrected chi connectivity index (χ1v) is 7.16. The maximum absolute atomic E-state index is 9.00. The number of nitrogens with two attached hydrogens (primary N) is 2. The zero-order valence-corrected chi connectivity index (χ0v) is 16.3. The average molecular weight is 433 g/mol. The summed E-state index contributed by atoms with van der Waals surface area (Å²) in [6.45, 7) is 8.55. The van der Waals surface area contributed by atoms with Crippen LogP contribution in [0.4, 0.5) is 0 Å². The molecule has 10 N–H and O–H groups in total. The number of carbonyl (C=O) groups is 5. The van der Waals surface area contributed by atoms with E-state index in [0.717, 1.165) is 47.7 Å². The topological polar surface area (TPSA) is 251 Å². The minimum absolute atomic E-state index is 0. The highest BCUT2D eigenvalue weighted by Crippen LogP contribution is 1.49. The van der Waals surface area contributed by atoms with Crippen LogP contribution in [0.25, 0.3) is 0 Å². The summed E-state index contributed by atoms with van der Waals surface area (Å²) in [5, 5.41) is 40.1. The Labute approximate surface area is 174 Å². The molecule has 0 fully saturated rings. The van der Waals surface area contributed by atoms with Crippen LogP contribution in [0.2, 0.25) is 0 Å². The van der Waals surface area contributed by atoms with E-state index in [1.165, 1.54) is 0 Å². The molecule has 0 amide bonds. The fourth-order valence-electron chi connectivity index (χ4n) is 0.329. The molecule has 0 unspecified atom stereocenters. The molecule has 0 radical (unpaired) electrons. The van der Waals surface area contributed by atoms with Crippen LogP contribution < -0.4 is 16.8 Å². The van der Waals surface area contributed by atoms with Crippen LogP contribution in [0.15, 0.2) is 0 Å². The summed E-state index contributed by atoms with van der Waals surface area (Å²) in [6.07, 6.45) is 0. The van der Waals surface area contributed by atoms with Crippen molar-refractivity contribution in [1.82, 2.24) is 5.32 Å². The van der Waals surface area contributed by atoms with Crippen molar-refractivity contribution in [2.75, 3.05) is 26.2 Å². The van der Waals surface area contributed by atoms with Crippen molar-refractivity contribution in [3.8, 4) is 0 Å². The summed E-state index contributed by atoms with van der Waals surface area (Å²) < 4.78 is 0. The van der Waals surface area contributed by atoms with Gasteiger partial charge in [-0.2, -0.15) is 0 Å². The summed E-state index contributed by atoms with van der Waals surface area (Å²) in [5.41, 5.74) is 10.3. The van der Waals surface area contributed by atoms with Crippen LogP contribution in [0.3, 0.4) is 0 Å². The molecule has 0 bridgehead atoms. The zero-order valence-electron chi connectivity index (χ0n) is 16.3. The Morgan fingerprint density at radius 3 is 0.750 bits per heavy atom. The van der Waals surface area contributed by atoms with Crippen molar-refractivity contribution in [2.45, 2.75) is 34.6 Å². The molecule has 0 heterocycles. The highest BCUT2D eigenvalue weighted by Gasteiger charge is 1.76. The van der Waals surface area contributed by atoms with Gasteiger partial charge in [0.25, 0.3) is 29.8 Å². The van der Waals surface area contributed by atoms with E-state index >= 15 is 0 Å². The van der Waals surface area contributed by atoms with Crippen molar-refractivity contribution >= 4 is 47.2 Å². The maximum atomic E-state index is 9.00. The Kier molecular flexibility index (Phi) is 71.0. The third-order valence-electron chi connectivity index (χ3n) is 0.642. The van der Waals surface area contributed by atoms with Gasteiger partial charge >= 0.3 is 0 Å². The molecule has 0 aliphatic carbocycles. The Hall–Kier alpha value is -2.24. The molecular weight excluding hydrogens is 397 g/mol. The van der Waals surface area contributed by atoms with Gasteiger partial charge in [0.2, 0.25) is 0 Å². The second-order valence-electron chi connectivity index (χ2n) is 3.92. The normalized spacial score (nSPS) is 6.82. The highest BCUT2D eigenvalue weighted by molar-refractivity contribution is 5.75. The Morgan fingerprint density at radius 2 is 0.679 bits per heavy atom. The van der Waals surface area contributed by atoms with Gasteiger partial charge in [-0.15, -0.1) is 0 Å². The van der Waals surface area contributed by atoms with E-state index in [1.807, 2.05) is 0 Å². The molecule has 13 nitrogen and oxygen atoms in total. The Morgan fingerprint density at radius 1 is 0.571 bits per heavy atom. The van der Waals surface area contributed by atoms with Gasteiger partial charge < -0.3 is 42.3 Å². The van der Waals surface area contributed by atoms with E-state index < -0.39 is 29.8 Å². The van der Waals surface area contributed by atoms with Crippen LogP contribution in [0.1, 0.15) is 34.6 Å². The van der Waals surface area contributed by atoms with Gasteiger partial charge in [0.15, 0.2) is 17.4 Å². The van der Waals surface area contributed by atoms with Gasteiger partial charge in [0.05, 0.1) is 0 Å². The Balaban J connectivity index is -0.0000000382. The van der Waals surface area contributed by atoms with Crippen LogP contribution in [0.5, 0.6) is 0 Å².